The number of nitrogens with zero attached hydrogens (tertiary/aromatic N) is 2. The molecule has 1 aliphatic heterocycles. The second kappa shape index (κ2) is 8.87. The van der Waals surface area contributed by atoms with E-state index in [1.54, 1.807) is 0 Å². The molecule has 180 valence electrons. The standard InChI is InChI=1S/C31H21ClN2O2S/c32-22-13-10-20(11-14-22)26-17-15-23(36-26)18-27-30(35)34-29(21-7-2-1-3-8-21)25-16-12-19-6-4-5-9-24(19)28(25)33-31(34)37-27/h1-11,13-15,17-18,29H,12,16H2/b27-18+/t29-/m1/s1. The molecule has 1 aliphatic carbocycles. The summed E-state index contributed by atoms with van der Waals surface area (Å²) in [6.45, 7) is 0. The fourth-order valence-corrected chi connectivity index (χ4v) is 6.39. The van der Waals surface area contributed by atoms with E-state index < -0.39 is 0 Å². The topological polar surface area (TPSA) is 47.5 Å². The molecule has 0 fully saturated rings. The average Bonchev–Trinajstić information content (AvgIpc) is 3.53. The molecular weight excluding hydrogens is 500 g/mol. The predicted molar refractivity (Wildman–Crippen MR) is 148 cm³/mol. The van der Waals surface area contributed by atoms with Crippen LogP contribution in [-0.2, 0) is 6.42 Å². The Bertz CT molecular complexity index is 1860. The molecule has 3 heterocycles. The Hall–Kier alpha value is -3.93. The first kappa shape index (κ1) is 22.3. The van der Waals surface area contributed by atoms with Crippen molar-refractivity contribution in [3.05, 3.63) is 144 Å². The minimum absolute atomic E-state index is 0.0487. The summed E-state index contributed by atoms with van der Waals surface area (Å²) in [4.78, 5) is 19.6. The van der Waals surface area contributed by atoms with Crippen molar-refractivity contribution in [2.24, 2.45) is 4.99 Å². The maximum absolute atomic E-state index is 13.8. The first-order valence-electron chi connectivity index (χ1n) is 12.2. The highest BCUT2D eigenvalue weighted by atomic mass is 35.5. The lowest BCUT2D eigenvalue weighted by molar-refractivity contribution is 0.570. The third kappa shape index (κ3) is 3.82. The summed E-state index contributed by atoms with van der Waals surface area (Å²) in [5, 5.41) is 0.676. The fourth-order valence-electron chi connectivity index (χ4n) is 5.29. The summed E-state index contributed by atoms with van der Waals surface area (Å²) in [6, 6.07) is 29.9. The van der Waals surface area contributed by atoms with Gasteiger partial charge in [-0.3, -0.25) is 9.36 Å². The zero-order chi connectivity index (χ0) is 24.9. The van der Waals surface area contributed by atoms with Crippen molar-refractivity contribution in [1.82, 2.24) is 4.57 Å². The highest BCUT2D eigenvalue weighted by Gasteiger charge is 2.32. The number of thiazole rings is 1. The number of hydrogen-bond acceptors (Lipinski definition) is 4. The fraction of sp³-hybridized carbons (Fsp3) is 0.0968. The van der Waals surface area contributed by atoms with Crippen molar-refractivity contribution in [2.75, 3.05) is 0 Å². The van der Waals surface area contributed by atoms with E-state index in [1.807, 2.05) is 65.2 Å². The predicted octanol–water partition coefficient (Wildman–Crippen LogP) is 6.23. The number of rotatable bonds is 3. The number of aromatic nitrogens is 1. The van der Waals surface area contributed by atoms with Crippen LogP contribution in [0.2, 0.25) is 5.02 Å². The SMILES string of the molecule is O=c1/c(=C\c2ccc(-c3ccc(Cl)cc3)o2)sc2n1[C@H](c1ccccc1)C1=C(N=2)c2ccccc2CC1. The van der Waals surface area contributed by atoms with E-state index in [1.165, 1.54) is 28.0 Å². The molecule has 0 radical (unpaired) electrons. The van der Waals surface area contributed by atoms with E-state index in [2.05, 4.69) is 36.4 Å². The molecule has 0 spiro atoms. The van der Waals surface area contributed by atoms with Crippen molar-refractivity contribution < 1.29 is 4.42 Å². The zero-order valence-corrected chi connectivity index (χ0v) is 21.3. The van der Waals surface area contributed by atoms with E-state index in [0.29, 0.717) is 20.1 Å². The van der Waals surface area contributed by atoms with Gasteiger partial charge in [-0.25, -0.2) is 4.99 Å². The Morgan fingerprint density at radius 3 is 2.54 bits per heavy atom. The highest BCUT2D eigenvalue weighted by Crippen LogP contribution is 2.41. The smallest absolute Gasteiger partial charge is 0.271 e. The average molecular weight is 521 g/mol. The van der Waals surface area contributed by atoms with Crippen LogP contribution in [0.25, 0.3) is 23.1 Å². The van der Waals surface area contributed by atoms with Gasteiger partial charge in [-0.05, 0) is 65.9 Å². The largest absolute Gasteiger partial charge is 0.457 e. The first-order chi connectivity index (χ1) is 18.2. The molecule has 7 rings (SSSR count). The third-order valence-electron chi connectivity index (χ3n) is 7.02. The van der Waals surface area contributed by atoms with Gasteiger partial charge in [0.15, 0.2) is 4.80 Å². The Morgan fingerprint density at radius 1 is 0.919 bits per heavy atom. The van der Waals surface area contributed by atoms with Gasteiger partial charge in [0.1, 0.15) is 11.5 Å². The summed E-state index contributed by atoms with van der Waals surface area (Å²) in [7, 11) is 0. The minimum Gasteiger partial charge on any atom is -0.457 e. The molecule has 0 saturated heterocycles. The summed E-state index contributed by atoms with van der Waals surface area (Å²) < 4.78 is 8.54. The van der Waals surface area contributed by atoms with Gasteiger partial charge >= 0.3 is 0 Å². The highest BCUT2D eigenvalue weighted by molar-refractivity contribution is 7.07. The third-order valence-corrected chi connectivity index (χ3v) is 8.25. The molecule has 0 saturated carbocycles. The van der Waals surface area contributed by atoms with Gasteiger partial charge in [-0.2, -0.15) is 0 Å². The van der Waals surface area contributed by atoms with Gasteiger partial charge in [-0.1, -0.05) is 77.5 Å². The molecule has 3 aromatic carbocycles. The molecule has 5 aromatic rings. The second-order valence-corrected chi connectivity index (χ2v) is 10.7. The molecule has 2 aliphatic rings. The van der Waals surface area contributed by atoms with Crippen molar-refractivity contribution in [3.63, 3.8) is 0 Å². The Balaban J connectivity index is 1.39. The van der Waals surface area contributed by atoms with Crippen LogP contribution in [0.5, 0.6) is 0 Å². The summed E-state index contributed by atoms with van der Waals surface area (Å²) in [5.74, 6) is 1.35. The van der Waals surface area contributed by atoms with E-state index in [9.17, 15) is 4.79 Å². The first-order valence-corrected chi connectivity index (χ1v) is 13.4. The van der Waals surface area contributed by atoms with Crippen molar-refractivity contribution >= 4 is 34.7 Å². The van der Waals surface area contributed by atoms with Gasteiger partial charge in [0, 0.05) is 22.2 Å². The van der Waals surface area contributed by atoms with Gasteiger partial charge in [0.2, 0.25) is 0 Å². The van der Waals surface area contributed by atoms with Gasteiger partial charge in [-0.15, -0.1) is 0 Å². The van der Waals surface area contributed by atoms with Crippen LogP contribution in [0.3, 0.4) is 0 Å². The molecular formula is C31H21ClN2O2S. The van der Waals surface area contributed by atoms with Crippen LogP contribution in [0, 0.1) is 0 Å². The van der Waals surface area contributed by atoms with E-state index in [-0.39, 0.29) is 11.6 Å². The van der Waals surface area contributed by atoms with E-state index in [0.717, 1.165) is 35.4 Å². The second-order valence-electron chi connectivity index (χ2n) is 9.23. The van der Waals surface area contributed by atoms with Crippen LogP contribution < -0.4 is 14.9 Å². The quantitative estimate of drug-likeness (QED) is 0.283. The summed E-state index contributed by atoms with van der Waals surface area (Å²) >= 11 is 7.43. The molecule has 2 aromatic heterocycles. The maximum atomic E-state index is 13.8. The lowest BCUT2D eigenvalue weighted by atomic mass is 9.83. The lowest BCUT2D eigenvalue weighted by Crippen LogP contribution is -2.38. The number of hydrogen-bond donors (Lipinski definition) is 0. The molecule has 1 atom stereocenters. The van der Waals surface area contributed by atoms with Crippen LogP contribution in [-0.4, -0.2) is 4.57 Å². The maximum Gasteiger partial charge on any atom is 0.271 e. The number of aryl methyl sites for hydroxylation is 1. The molecule has 37 heavy (non-hydrogen) atoms. The molecule has 0 unspecified atom stereocenters. The lowest BCUT2D eigenvalue weighted by Gasteiger charge is -2.30. The molecule has 0 N–H and O–H groups in total. The van der Waals surface area contributed by atoms with Gasteiger partial charge in [0.05, 0.1) is 16.3 Å². The van der Waals surface area contributed by atoms with Crippen LogP contribution in [0.4, 0.5) is 0 Å². The number of benzene rings is 3. The summed E-state index contributed by atoms with van der Waals surface area (Å²) in [5.41, 5.74) is 6.66. The van der Waals surface area contributed by atoms with Crippen LogP contribution in [0.1, 0.15) is 34.9 Å². The van der Waals surface area contributed by atoms with Crippen molar-refractivity contribution in [2.45, 2.75) is 18.9 Å². The van der Waals surface area contributed by atoms with E-state index >= 15 is 0 Å². The monoisotopic (exact) mass is 520 g/mol. The van der Waals surface area contributed by atoms with Crippen LogP contribution in [0.15, 0.2) is 111 Å². The molecule has 6 heteroatoms. The Morgan fingerprint density at radius 2 is 1.70 bits per heavy atom. The molecule has 0 bridgehead atoms. The number of fused-ring (bicyclic) bond motifs is 3. The van der Waals surface area contributed by atoms with Crippen molar-refractivity contribution in [1.29, 1.82) is 0 Å². The minimum atomic E-state index is -0.177. The van der Waals surface area contributed by atoms with Gasteiger partial charge < -0.3 is 4.42 Å². The molecule has 0 amide bonds. The number of allylic oxidation sites excluding steroid dienone is 1. The Kier molecular flexibility index (Phi) is 5.34. The number of halogens is 1. The van der Waals surface area contributed by atoms with E-state index in [4.69, 9.17) is 21.0 Å². The normalized spacial score (nSPS) is 16.7. The molecule has 4 nitrogen and oxygen atoms in total. The summed E-state index contributed by atoms with van der Waals surface area (Å²) in [6.07, 6.45) is 3.64. The van der Waals surface area contributed by atoms with Crippen molar-refractivity contribution in [3.8, 4) is 11.3 Å². The zero-order valence-electron chi connectivity index (χ0n) is 19.7. The Labute approximate surface area is 222 Å². The number of furan rings is 1. The van der Waals surface area contributed by atoms with Gasteiger partial charge in [0.25, 0.3) is 5.56 Å². The van der Waals surface area contributed by atoms with Crippen LogP contribution >= 0.6 is 22.9 Å².